The zero-order valence-corrected chi connectivity index (χ0v) is 15.8. The van der Waals surface area contributed by atoms with Crippen molar-refractivity contribution in [1.82, 2.24) is 0 Å². The summed E-state index contributed by atoms with van der Waals surface area (Å²) in [5, 5.41) is 9.31. The fourth-order valence-corrected chi connectivity index (χ4v) is 3.66. The summed E-state index contributed by atoms with van der Waals surface area (Å²) >= 11 is 0. The van der Waals surface area contributed by atoms with Gasteiger partial charge in [-0.2, -0.15) is 0 Å². The highest BCUT2D eigenvalue weighted by Crippen LogP contribution is 2.34. The molecule has 0 aliphatic heterocycles. The average molecular weight is 406 g/mol. The number of ether oxygens (including phenoxy) is 1. The Kier molecular flexibility index (Phi) is 5.96. The molecular formula is C22H21F3O4. The molecule has 1 fully saturated rings. The zero-order chi connectivity index (χ0) is 21.2. The number of halogens is 3. The van der Waals surface area contributed by atoms with Crippen LogP contribution in [0.5, 0.6) is 5.75 Å². The number of benzene rings is 2. The molecule has 154 valence electrons. The second kappa shape index (κ2) is 8.27. The van der Waals surface area contributed by atoms with E-state index in [9.17, 15) is 27.9 Å². The molecular weight excluding hydrogens is 385 g/mol. The topological polar surface area (TPSA) is 63.6 Å². The van der Waals surface area contributed by atoms with Crippen LogP contribution in [-0.4, -0.2) is 23.2 Å². The second-order valence-electron chi connectivity index (χ2n) is 7.31. The maximum absolute atomic E-state index is 12.4. The molecule has 2 aromatic rings. The number of carbonyl (C=O) groups is 2. The van der Waals surface area contributed by atoms with Gasteiger partial charge in [0.05, 0.1) is 5.92 Å². The number of hydrogen-bond acceptors (Lipinski definition) is 3. The third-order valence-corrected chi connectivity index (χ3v) is 5.30. The Hall–Kier alpha value is -2.83. The molecule has 29 heavy (non-hydrogen) atoms. The van der Waals surface area contributed by atoms with E-state index in [1.54, 1.807) is 19.1 Å². The molecule has 4 nitrogen and oxygen atoms in total. The molecule has 1 N–H and O–H groups in total. The number of Topliss-reactive ketones (excluding diaryl/α,β-unsaturated/α-hetero) is 1. The van der Waals surface area contributed by atoms with Crippen molar-refractivity contribution in [2.24, 2.45) is 5.92 Å². The number of ketones is 1. The lowest BCUT2D eigenvalue weighted by atomic mass is 9.88. The Morgan fingerprint density at radius 3 is 2.45 bits per heavy atom. The van der Waals surface area contributed by atoms with Crippen molar-refractivity contribution in [3.63, 3.8) is 0 Å². The molecule has 0 spiro atoms. The van der Waals surface area contributed by atoms with Crippen molar-refractivity contribution in [1.29, 1.82) is 0 Å². The first-order valence-corrected chi connectivity index (χ1v) is 9.38. The molecule has 2 aromatic carbocycles. The van der Waals surface area contributed by atoms with Crippen LogP contribution in [0.2, 0.25) is 0 Å². The van der Waals surface area contributed by atoms with Gasteiger partial charge in [-0.3, -0.25) is 9.59 Å². The zero-order valence-electron chi connectivity index (χ0n) is 15.8. The number of aliphatic carboxylic acids is 1. The summed E-state index contributed by atoms with van der Waals surface area (Å²) < 4.78 is 41.1. The average Bonchev–Trinajstić information content (AvgIpc) is 3.05. The van der Waals surface area contributed by atoms with E-state index < -0.39 is 18.2 Å². The molecule has 0 amide bonds. The van der Waals surface area contributed by atoms with Crippen LogP contribution in [0.25, 0.3) is 11.1 Å². The molecule has 0 aromatic heterocycles. The minimum atomic E-state index is -4.77. The van der Waals surface area contributed by atoms with Gasteiger partial charge in [-0.25, -0.2) is 0 Å². The first kappa shape index (κ1) is 20.9. The van der Waals surface area contributed by atoms with Gasteiger partial charge in [-0.15, -0.1) is 13.2 Å². The number of alkyl halides is 3. The number of carboxylic acid groups (broad SMARTS) is 1. The van der Waals surface area contributed by atoms with Crippen LogP contribution in [-0.2, 0) is 16.0 Å². The lowest BCUT2D eigenvalue weighted by Crippen LogP contribution is -2.17. The minimum absolute atomic E-state index is 0.0793. The van der Waals surface area contributed by atoms with Gasteiger partial charge in [0.25, 0.3) is 0 Å². The van der Waals surface area contributed by atoms with Crippen molar-refractivity contribution in [3.05, 3.63) is 53.6 Å². The van der Waals surface area contributed by atoms with Gasteiger partial charge in [-0.05, 0) is 60.6 Å². The van der Waals surface area contributed by atoms with Crippen LogP contribution in [0.4, 0.5) is 13.2 Å². The van der Waals surface area contributed by atoms with Crippen LogP contribution < -0.4 is 4.74 Å². The van der Waals surface area contributed by atoms with E-state index in [2.05, 4.69) is 4.74 Å². The minimum Gasteiger partial charge on any atom is -0.481 e. The summed E-state index contributed by atoms with van der Waals surface area (Å²) in [7, 11) is 0. The van der Waals surface area contributed by atoms with Crippen LogP contribution in [0.15, 0.2) is 42.5 Å². The molecule has 0 radical (unpaired) electrons. The van der Waals surface area contributed by atoms with Gasteiger partial charge in [0.1, 0.15) is 11.5 Å². The van der Waals surface area contributed by atoms with Crippen molar-refractivity contribution in [2.45, 2.75) is 44.9 Å². The summed E-state index contributed by atoms with van der Waals surface area (Å²) in [6.45, 7) is 1.57. The first-order chi connectivity index (χ1) is 13.6. The fraction of sp³-hybridized carbons (Fsp3) is 0.364. The molecule has 2 atom stereocenters. The molecule has 7 heteroatoms. The highest BCUT2D eigenvalue weighted by Gasteiger charge is 2.31. The van der Waals surface area contributed by atoms with E-state index in [1.807, 2.05) is 6.07 Å². The summed E-state index contributed by atoms with van der Waals surface area (Å²) in [4.78, 5) is 23.4. The van der Waals surface area contributed by atoms with Crippen LogP contribution >= 0.6 is 0 Å². The van der Waals surface area contributed by atoms with Gasteiger partial charge in [0, 0.05) is 12.3 Å². The number of carbonyl (C=O) groups excluding carboxylic acids is 1. The summed E-state index contributed by atoms with van der Waals surface area (Å²) in [6, 6.07) is 10.7. The molecule has 3 rings (SSSR count). The molecule has 0 bridgehead atoms. The van der Waals surface area contributed by atoms with E-state index in [1.165, 1.54) is 24.3 Å². The van der Waals surface area contributed by atoms with Gasteiger partial charge < -0.3 is 9.84 Å². The quantitative estimate of drug-likeness (QED) is 0.702. The largest absolute Gasteiger partial charge is 0.573 e. The van der Waals surface area contributed by atoms with Crippen molar-refractivity contribution in [3.8, 4) is 16.9 Å². The maximum atomic E-state index is 12.4. The fourth-order valence-electron chi connectivity index (χ4n) is 3.66. The first-order valence-electron chi connectivity index (χ1n) is 9.38. The second-order valence-corrected chi connectivity index (χ2v) is 7.31. The molecule has 0 heterocycles. The molecule has 0 saturated heterocycles. The van der Waals surface area contributed by atoms with Gasteiger partial charge >= 0.3 is 12.3 Å². The Morgan fingerprint density at radius 2 is 1.90 bits per heavy atom. The van der Waals surface area contributed by atoms with Gasteiger partial charge in [-0.1, -0.05) is 30.3 Å². The van der Waals surface area contributed by atoms with Crippen LogP contribution in [0.1, 0.15) is 43.2 Å². The number of hydrogen-bond donors (Lipinski definition) is 1. The van der Waals surface area contributed by atoms with Crippen molar-refractivity contribution >= 4 is 11.8 Å². The van der Waals surface area contributed by atoms with E-state index in [4.69, 9.17) is 0 Å². The highest BCUT2D eigenvalue weighted by atomic mass is 19.4. The van der Waals surface area contributed by atoms with Crippen molar-refractivity contribution < 1.29 is 32.6 Å². The predicted molar refractivity (Wildman–Crippen MR) is 101 cm³/mol. The lowest BCUT2D eigenvalue weighted by Gasteiger charge is -2.17. The van der Waals surface area contributed by atoms with E-state index in [0.717, 1.165) is 18.4 Å². The van der Waals surface area contributed by atoms with Gasteiger partial charge in [0.15, 0.2) is 0 Å². The third-order valence-electron chi connectivity index (χ3n) is 5.30. The highest BCUT2D eigenvalue weighted by molar-refractivity contribution is 5.84. The van der Waals surface area contributed by atoms with E-state index in [-0.39, 0.29) is 17.5 Å². The van der Waals surface area contributed by atoms with E-state index in [0.29, 0.717) is 29.5 Å². The standard InChI is InChI=1S/C22H21F3O4/c1-13(21(27)28)15-5-6-16(11-17-3-2-4-20(17)26)19(12-15)14-7-9-18(10-8-14)29-22(23,24)25/h5-10,12-13,17H,2-4,11H2,1H3,(H,27,28). The third kappa shape index (κ3) is 5.16. The summed E-state index contributed by atoms with van der Waals surface area (Å²) in [5.41, 5.74) is 2.81. The Balaban J connectivity index is 1.97. The lowest BCUT2D eigenvalue weighted by molar-refractivity contribution is -0.274. The summed E-state index contributed by atoms with van der Waals surface area (Å²) in [5.74, 6) is -1.90. The Bertz CT molecular complexity index is 903. The monoisotopic (exact) mass is 406 g/mol. The van der Waals surface area contributed by atoms with Crippen LogP contribution in [0.3, 0.4) is 0 Å². The SMILES string of the molecule is CC(C(=O)O)c1ccc(CC2CCCC2=O)c(-c2ccc(OC(F)(F)F)cc2)c1. The molecule has 1 saturated carbocycles. The van der Waals surface area contributed by atoms with Gasteiger partial charge in [0.2, 0.25) is 0 Å². The predicted octanol–water partition coefficient (Wildman–Crippen LogP) is 5.35. The number of carboxylic acids is 1. The Labute approximate surface area is 166 Å². The number of rotatable bonds is 6. The molecule has 1 aliphatic rings. The molecule has 1 aliphatic carbocycles. The smallest absolute Gasteiger partial charge is 0.481 e. The normalized spacial score (nSPS) is 17.9. The van der Waals surface area contributed by atoms with Crippen molar-refractivity contribution in [2.75, 3.05) is 0 Å². The van der Waals surface area contributed by atoms with E-state index >= 15 is 0 Å². The maximum Gasteiger partial charge on any atom is 0.573 e. The Morgan fingerprint density at radius 1 is 1.21 bits per heavy atom. The molecule has 2 unspecified atom stereocenters. The van der Waals surface area contributed by atoms with Crippen LogP contribution in [0, 0.1) is 5.92 Å². The summed E-state index contributed by atoms with van der Waals surface area (Å²) in [6.07, 6.45) is -2.01.